The quantitative estimate of drug-likeness (QED) is 0.885. The van der Waals surface area contributed by atoms with Crippen LogP contribution in [0.2, 0.25) is 0 Å². The van der Waals surface area contributed by atoms with Crippen LogP contribution in [-0.4, -0.2) is 11.7 Å². The minimum Gasteiger partial charge on any atom is -0.326 e. The number of nitrogens with one attached hydrogen (secondary N) is 1. The molecule has 2 aromatic rings. The summed E-state index contributed by atoms with van der Waals surface area (Å²) in [5.41, 5.74) is 0.728. The Kier molecular flexibility index (Phi) is 4.13. The fraction of sp³-hybridized carbons (Fsp3) is 0.222. The number of halogens is 3. The SMILES string of the molecule is O=C1CCC(C(=O)Nc2ccc(C(F)(F)F)cc2)c2ccccc21. The van der Waals surface area contributed by atoms with E-state index in [0.29, 0.717) is 23.2 Å². The first-order valence-electron chi connectivity index (χ1n) is 7.46. The number of hydrogen-bond acceptors (Lipinski definition) is 2. The second-order valence-corrected chi connectivity index (χ2v) is 5.67. The molecular weight excluding hydrogens is 319 g/mol. The summed E-state index contributed by atoms with van der Waals surface area (Å²) in [5.74, 6) is -0.805. The third-order valence-electron chi connectivity index (χ3n) is 4.09. The van der Waals surface area contributed by atoms with Crippen LogP contribution in [0, 0.1) is 0 Å². The first-order valence-corrected chi connectivity index (χ1v) is 7.46. The number of Topliss-reactive ketones (excluding diaryl/α,β-unsaturated/α-hetero) is 1. The zero-order chi connectivity index (χ0) is 17.3. The van der Waals surface area contributed by atoms with Crippen molar-refractivity contribution >= 4 is 17.4 Å². The molecule has 0 fully saturated rings. The highest BCUT2D eigenvalue weighted by atomic mass is 19.4. The molecule has 2 aromatic carbocycles. The third kappa shape index (κ3) is 3.18. The maximum Gasteiger partial charge on any atom is 0.416 e. The van der Waals surface area contributed by atoms with Gasteiger partial charge in [0.1, 0.15) is 0 Å². The van der Waals surface area contributed by atoms with E-state index in [4.69, 9.17) is 0 Å². The van der Waals surface area contributed by atoms with Crippen molar-refractivity contribution in [3.63, 3.8) is 0 Å². The Morgan fingerprint density at radius 1 is 1.04 bits per heavy atom. The number of anilines is 1. The maximum absolute atomic E-state index is 12.6. The molecule has 124 valence electrons. The van der Waals surface area contributed by atoms with E-state index < -0.39 is 17.7 Å². The number of benzene rings is 2. The van der Waals surface area contributed by atoms with Crippen LogP contribution >= 0.6 is 0 Å². The molecule has 6 heteroatoms. The molecule has 3 rings (SSSR count). The van der Waals surface area contributed by atoms with Gasteiger partial charge in [-0.05, 0) is 36.2 Å². The fourth-order valence-corrected chi connectivity index (χ4v) is 2.86. The molecule has 1 aliphatic carbocycles. The van der Waals surface area contributed by atoms with Crippen LogP contribution in [0.25, 0.3) is 0 Å². The van der Waals surface area contributed by atoms with Crippen LogP contribution in [0.3, 0.4) is 0 Å². The Bertz CT molecular complexity index is 782. The van der Waals surface area contributed by atoms with Crippen molar-refractivity contribution in [1.82, 2.24) is 0 Å². The van der Waals surface area contributed by atoms with Gasteiger partial charge in [-0.3, -0.25) is 9.59 Å². The first kappa shape index (κ1) is 16.2. The number of carbonyl (C=O) groups is 2. The Balaban J connectivity index is 1.79. The van der Waals surface area contributed by atoms with Gasteiger partial charge in [0.2, 0.25) is 5.91 Å². The topological polar surface area (TPSA) is 46.2 Å². The molecular formula is C18H14F3NO2. The monoisotopic (exact) mass is 333 g/mol. The van der Waals surface area contributed by atoms with Crippen molar-refractivity contribution in [3.05, 3.63) is 65.2 Å². The number of carbonyl (C=O) groups excluding carboxylic acids is 2. The predicted octanol–water partition coefficient (Wildman–Crippen LogP) is 4.40. The molecule has 0 bridgehead atoms. The number of amides is 1. The van der Waals surface area contributed by atoms with Gasteiger partial charge >= 0.3 is 6.18 Å². The maximum atomic E-state index is 12.6. The number of alkyl halides is 3. The average Bonchev–Trinajstić information content (AvgIpc) is 2.55. The summed E-state index contributed by atoms with van der Waals surface area (Å²) >= 11 is 0. The van der Waals surface area contributed by atoms with Crippen molar-refractivity contribution in [2.45, 2.75) is 24.9 Å². The van der Waals surface area contributed by atoms with Gasteiger partial charge in [0.05, 0.1) is 11.5 Å². The molecule has 0 saturated carbocycles. The van der Waals surface area contributed by atoms with Crippen LogP contribution in [0.1, 0.15) is 40.2 Å². The van der Waals surface area contributed by atoms with Crippen molar-refractivity contribution in [3.8, 4) is 0 Å². The van der Waals surface area contributed by atoms with E-state index in [9.17, 15) is 22.8 Å². The molecule has 1 aliphatic rings. The Morgan fingerprint density at radius 3 is 2.38 bits per heavy atom. The highest BCUT2D eigenvalue weighted by Gasteiger charge is 2.31. The molecule has 0 radical (unpaired) electrons. The van der Waals surface area contributed by atoms with Crippen molar-refractivity contribution < 1.29 is 22.8 Å². The predicted molar refractivity (Wildman–Crippen MR) is 82.8 cm³/mol. The summed E-state index contributed by atoms with van der Waals surface area (Å²) in [6.45, 7) is 0. The second kappa shape index (κ2) is 6.11. The summed E-state index contributed by atoms with van der Waals surface area (Å²) in [6, 6.07) is 11.2. The molecule has 0 aliphatic heterocycles. The van der Waals surface area contributed by atoms with E-state index in [1.165, 1.54) is 12.1 Å². The number of hydrogen-bond donors (Lipinski definition) is 1. The lowest BCUT2D eigenvalue weighted by Crippen LogP contribution is -2.26. The lowest BCUT2D eigenvalue weighted by molar-refractivity contribution is -0.137. The molecule has 3 nitrogen and oxygen atoms in total. The molecule has 1 N–H and O–H groups in total. The standard InChI is InChI=1S/C18H14F3NO2/c19-18(20,21)11-5-7-12(8-6-11)22-17(24)15-9-10-16(23)14-4-2-1-3-13(14)15/h1-8,15H,9-10H2,(H,22,24). The Hall–Kier alpha value is -2.63. The van der Waals surface area contributed by atoms with E-state index >= 15 is 0 Å². The van der Waals surface area contributed by atoms with Gasteiger partial charge < -0.3 is 5.32 Å². The molecule has 0 spiro atoms. The largest absolute Gasteiger partial charge is 0.416 e. The molecule has 1 unspecified atom stereocenters. The summed E-state index contributed by atoms with van der Waals surface area (Å²) in [4.78, 5) is 24.4. The van der Waals surface area contributed by atoms with E-state index in [1.807, 2.05) is 0 Å². The van der Waals surface area contributed by atoms with Gasteiger partial charge in [-0.1, -0.05) is 24.3 Å². The van der Waals surface area contributed by atoms with Gasteiger partial charge in [0.15, 0.2) is 5.78 Å². The summed E-state index contributed by atoms with van der Waals surface area (Å²) in [5, 5.41) is 2.63. The minimum atomic E-state index is -4.41. The summed E-state index contributed by atoms with van der Waals surface area (Å²) in [6.07, 6.45) is -3.74. The van der Waals surface area contributed by atoms with E-state index in [1.54, 1.807) is 24.3 Å². The second-order valence-electron chi connectivity index (χ2n) is 5.67. The number of fused-ring (bicyclic) bond motifs is 1. The summed E-state index contributed by atoms with van der Waals surface area (Å²) < 4.78 is 37.7. The third-order valence-corrected chi connectivity index (χ3v) is 4.09. The first-order chi connectivity index (χ1) is 11.4. The molecule has 0 saturated heterocycles. The molecule has 1 atom stereocenters. The number of rotatable bonds is 2. The normalized spacial score (nSPS) is 17.3. The zero-order valence-corrected chi connectivity index (χ0v) is 12.6. The van der Waals surface area contributed by atoms with Crippen LogP contribution in [0.15, 0.2) is 48.5 Å². The Morgan fingerprint density at radius 2 is 1.71 bits per heavy atom. The van der Waals surface area contributed by atoms with Gasteiger partial charge in [-0.2, -0.15) is 13.2 Å². The lowest BCUT2D eigenvalue weighted by atomic mass is 9.81. The van der Waals surface area contributed by atoms with Gasteiger partial charge in [-0.15, -0.1) is 0 Å². The van der Waals surface area contributed by atoms with Crippen molar-refractivity contribution in [1.29, 1.82) is 0 Å². The van der Waals surface area contributed by atoms with Crippen LogP contribution < -0.4 is 5.32 Å². The van der Waals surface area contributed by atoms with Crippen molar-refractivity contribution in [2.75, 3.05) is 5.32 Å². The molecule has 1 amide bonds. The summed E-state index contributed by atoms with van der Waals surface area (Å²) in [7, 11) is 0. The number of ketones is 1. The molecule has 0 aromatic heterocycles. The molecule has 0 heterocycles. The Labute approximate surface area is 136 Å². The minimum absolute atomic E-state index is 0.00387. The molecule has 24 heavy (non-hydrogen) atoms. The van der Waals surface area contributed by atoms with Crippen LogP contribution in [0.5, 0.6) is 0 Å². The van der Waals surface area contributed by atoms with Crippen LogP contribution in [-0.2, 0) is 11.0 Å². The van der Waals surface area contributed by atoms with Gasteiger partial charge in [0.25, 0.3) is 0 Å². The van der Waals surface area contributed by atoms with Gasteiger partial charge in [-0.25, -0.2) is 0 Å². The van der Waals surface area contributed by atoms with E-state index in [0.717, 1.165) is 12.1 Å². The highest BCUT2D eigenvalue weighted by molar-refractivity contribution is 6.04. The fourth-order valence-electron chi connectivity index (χ4n) is 2.86. The highest BCUT2D eigenvalue weighted by Crippen LogP contribution is 2.33. The zero-order valence-electron chi connectivity index (χ0n) is 12.6. The van der Waals surface area contributed by atoms with Crippen molar-refractivity contribution in [2.24, 2.45) is 0 Å². The smallest absolute Gasteiger partial charge is 0.326 e. The average molecular weight is 333 g/mol. The van der Waals surface area contributed by atoms with Gasteiger partial charge in [0, 0.05) is 17.7 Å². The van der Waals surface area contributed by atoms with E-state index in [2.05, 4.69) is 5.32 Å². The lowest BCUT2D eigenvalue weighted by Gasteiger charge is -2.23. The van der Waals surface area contributed by atoms with Crippen LogP contribution in [0.4, 0.5) is 18.9 Å². The van der Waals surface area contributed by atoms with E-state index in [-0.39, 0.29) is 18.1 Å².